The Kier molecular flexibility index (Phi) is 4.83. The summed E-state index contributed by atoms with van der Waals surface area (Å²) in [7, 11) is 0. The Balaban J connectivity index is 1.70. The molecule has 0 aromatic heterocycles. The number of hydrogen-bond acceptors (Lipinski definition) is 2. The van der Waals surface area contributed by atoms with Crippen LogP contribution < -0.4 is 0 Å². The van der Waals surface area contributed by atoms with Crippen LogP contribution in [0.15, 0.2) is 0 Å². The second kappa shape index (κ2) is 6.40. The Morgan fingerprint density at radius 1 is 1.11 bits per heavy atom. The van der Waals surface area contributed by atoms with Crippen molar-refractivity contribution < 1.29 is 14.7 Å². The molecule has 19 heavy (non-hydrogen) atoms. The number of amides is 1. The highest BCUT2D eigenvalue weighted by Crippen LogP contribution is 2.34. The minimum Gasteiger partial charge on any atom is -0.481 e. The van der Waals surface area contributed by atoms with Crippen molar-refractivity contribution in [3.05, 3.63) is 0 Å². The van der Waals surface area contributed by atoms with Crippen molar-refractivity contribution in [2.75, 3.05) is 13.1 Å². The first-order valence-corrected chi connectivity index (χ1v) is 7.63. The predicted molar refractivity (Wildman–Crippen MR) is 72.7 cm³/mol. The van der Waals surface area contributed by atoms with Gasteiger partial charge in [-0.2, -0.15) is 0 Å². The minimum atomic E-state index is -0.771. The van der Waals surface area contributed by atoms with Crippen LogP contribution in [0.4, 0.5) is 0 Å². The summed E-state index contributed by atoms with van der Waals surface area (Å²) in [6.45, 7) is 3.06. The normalized spacial score (nSPS) is 27.9. The molecule has 2 rings (SSSR count). The van der Waals surface area contributed by atoms with Crippen molar-refractivity contribution in [1.29, 1.82) is 0 Å². The van der Waals surface area contributed by atoms with Gasteiger partial charge >= 0.3 is 5.97 Å². The van der Waals surface area contributed by atoms with E-state index in [-0.39, 0.29) is 17.7 Å². The summed E-state index contributed by atoms with van der Waals surface area (Å²) in [5.41, 5.74) is 0. The molecule has 0 aromatic carbocycles. The second-order valence-electron chi connectivity index (χ2n) is 6.14. The van der Waals surface area contributed by atoms with Gasteiger partial charge < -0.3 is 10.0 Å². The van der Waals surface area contributed by atoms with Crippen molar-refractivity contribution in [3.63, 3.8) is 0 Å². The Bertz CT molecular complexity index is 328. The molecule has 1 aliphatic heterocycles. The monoisotopic (exact) mass is 267 g/mol. The largest absolute Gasteiger partial charge is 0.481 e. The van der Waals surface area contributed by atoms with E-state index in [1.807, 2.05) is 0 Å². The third-order valence-corrected chi connectivity index (χ3v) is 4.70. The number of carbonyl (C=O) groups excluding carboxylic acids is 1. The van der Waals surface area contributed by atoms with Crippen LogP contribution in [0.3, 0.4) is 0 Å². The van der Waals surface area contributed by atoms with Gasteiger partial charge in [-0.05, 0) is 31.6 Å². The molecule has 1 saturated heterocycles. The number of unbranched alkanes of at least 4 members (excludes halogenated alkanes) is 1. The number of nitrogens with zero attached hydrogens (tertiary/aromatic N) is 1. The van der Waals surface area contributed by atoms with E-state index in [9.17, 15) is 9.59 Å². The molecule has 0 bridgehead atoms. The third kappa shape index (κ3) is 3.48. The first-order valence-electron chi connectivity index (χ1n) is 7.63. The molecule has 2 aliphatic rings. The van der Waals surface area contributed by atoms with E-state index in [0.717, 1.165) is 18.8 Å². The smallest absolute Gasteiger partial charge is 0.310 e. The summed E-state index contributed by atoms with van der Waals surface area (Å²) < 4.78 is 0. The number of aliphatic carboxylic acids is 1. The van der Waals surface area contributed by atoms with Gasteiger partial charge in [-0.3, -0.25) is 9.59 Å². The van der Waals surface area contributed by atoms with Gasteiger partial charge in [-0.15, -0.1) is 0 Å². The van der Waals surface area contributed by atoms with Gasteiger partial charge in [0, 0.05) is 19.0 Å². The number of rotatable bonds is 5. The molecule has 1 heterocycles. The maximum Gasteiger partial charge on any atom is 0.310 e. The minimum absolute atomic E-state index is 0.160. The zero-order chi connectivity index (χ0) is 13.8. The second-order valence-corrected chi connectivity index (χ2v) is 6.14. The molecule has 1 amide bonds. The first-order chi connectivity index (χ1) is 9.11. The Morgan fingerprint density at radius 2 is 1.74 bits per heavy atom. The maximum absolute atomic E-state index is 12.2. The lowest BCUT2D eigenvalue weighted by Gasteiger charge is -2.40. The zero-order valence-electron chi connectivity index (χ0n) is 11.8. The molecule has 0 unspecified atom stereocenters. The molecule has 0 radical (unpaired) electrons. The molecule has 2 fully saturated rings. The standard InChI is InChI=1S/C15H25NO3/c1-2-3-4-11-5-7-12(8-6-11)14(17)16-9-13(10-16)15(18)19/h11-13H,2-10H2,1H3,(H,18,19). The summed E-state index contributed by atoms with van der Waals surface area (Å²) in [6.07, 6.45) is 8.21. The Hall–Kier alpha value is -1.06. The van der Waals surface area contributed by atoms with Crippen LogP contribution in [0.2, 0.25) is 0 Å². The van der Waals surface area contributed by atoms with Gasteiger partial charge in [0.2, 0.25) is 5.91 Å². The van der Waals surface area contributed by atoms with Crippen LogP contribution >= 0.6 is 0 Å². The third-order valence-electron chi connectivity index (χ3n) is 4.70. The fraction of sp³-hybridized carbons (Fsp3) is 0.867. The van der Waals surface area contributed by atoms with E-state index in [1.54, 1.807) is 4.90 Å². The Morgan fingerprint density at radius 3 is 2.26 bits per heavy atom. The van der Waals surface area contributed by atoms with Crippen LogP contribution in [0.5, 0.6) is 0 Å². The van der Waals surface area contributed by atoms with Crippen LogP contribution in [0.25, 0.3) is 0 Å². The molecule has 108 valence electrons. The molecule has 1 N–H and O–H groups in total. The van der Waals surface area contributed by atoms with E-state index in [4.69, 9.17) is 5.11 Å². The number of hydrogen-bond donors (Lipinski definition) is 1. The number of carboxylic acids is 1. The van der Waals surface area contributed by atoms with Crippen molar-refractivity contribution in [1.82, 2.24) is 4.90 Å². The Labute approximate surface area is 115 Å². The zero-order valence-corrected chi connectivity index (χ0v) is 11.8. The fourth-order valence-corrected chi connectivity index (χ4v) is 3.26. The molecular formula is C15H25NO3. The quantitative estimate of drug-likeness (QED) is 0.832. The van der Waals surface area contributed by atoms with E-state index in [2.05, 4.69) is 6.92 Å². The van der Waals surface area contributed by atoms with Crippen LogP contribution in [-0.2, 0) is 9.59 Å². The van der Waals surface area contributed by atoms with Crippen molar-refractivity contribution in [2.45, 2.75) is 51.9 Å². The maximum atomic E-state index is 12.2. The topological polar surface area (TPSA) is 57.6 Å². The average Bonchev–Trinajstić information content (AvgIpc) is 2.34. The summed E-state index contributed by atoms with van der Waals surface area (Å²) >= 11 is 0. The van der Waals surface area contributed by atoms with Crippen molar-refractivity contribution in [3.8, 4) is 0 Å². The van der Waals surface area contributed by atoms with Crippen LogP contribution in [0, 0.1) is 17.8 Å². The lowest BCUT2D eigenvalue weighted by molar-refractivity contribution is -0.155. The molecule has 1 aliphatic carbocycles. The lowest BCUT2D eigenvalue weighted by atomic mass is 9.78. The van der Waals surface area contributed by atoms with Crippen LogP contribution in [-0.4, -0.2) is 35.0 Å². The van der Waals surface area contributed by atoms with E-state index in [1.165, 1.54) is 32.1 Å². The molecule has 0 aromatic rings. The van der Waals surface area contributed by atoms with Crippen LogP contribution in [0.1, 0.15) is 51.9 Å². The number of carbonyl (C=O) groups is 2. The predicted octanol–water partition coefficient (Wildman–Crippen LogP) is 2.53. The molecular weight excluding hydrogens is 242 g/mol. The molecule has 1 saturated carbocycles. The molecule has 0 spiro atoms. The molecule has 4 nitrogen and oxygen atoms in total. The fourth-order valence-electron chi connectivity index (χ4n) is 3.26. The SMILES string of the molecule is CCCCC1CCC(C(=O)N2CC(C(=O)O)C2)CC1. The summed E-state index contributed by atoms with van der Waals surface area (Å²) in [6, 6.07) is 0. The highest BCUT2D eigenvalue weighted by molar-refractivity contribution is 5.82. The van der Waals surface area contributed by atoms with Gasteiger partial charge in [-0.1, -0.05) is 26.2 Å². The van der Waals surface area contributed by atoms with E-state index in [0.29, 0.717) is 13.1 Å². The lowest BCUT2D eigenvalue weighted by Crippen LogP contribution is -2.55. The number of likely N-dealkylation sites (tertiary alicyclic amines) is 1. The van der Waals surface area contributed by atoms with Gasteiger partial charge in [0.25, 0.3) is 0 Å². The summed E-state index contributed by atoms with van der Waals surface area (Å²) in [5, 5.41) is 8.82. The average molecular weight is 267 g/mol. The summed E-state index contributed by atoms with van der Waals surface area (Å²) in [4.78, 5) is 24.7. The van der Waals surface area contributed by atoms with Crippen molar-refractivity contribution in [2.24, 2.45) is 17.8 Å². The number of carboxylic acid groups (broad SMARTS) is 1. The van der Waals surface area contributed by atoms with Gasteiger partial charge in [-0.25, -0.2) is 0 Å². The van der Waals surface area contributed by atoms with Gasteiger partial charge in [0.05, 0.1) is 5.92 Å². The first kappa shape index (κ1) is 14.4. The summed E-state index contributed by atoms with van der Waals surface area (Å²) in [5.74, 6) is 0.0726. The molecule has 4 heteroatoms. The highest BCUT2D eigenvalue weighted by Gasteiger charge is 2.38. The van der Waals surface area contributed by atoms with Gasteiger partial charge in [0.1, 0.15) is 0 Å². The van der Waals surface area contributed by atoms with Gasteiger partial charge in [0.15, 0.2) is 0 Å². The highest BCUT2D eigenvalue weighted by atomic mass is 16.4. The van der Waals surface area contributed by atoms with E-state index < -0.39 is 5.97 Å². The van der Waals surface area contributed by atoms with E-state index >= 15 is 0 Å². The van der Waals surface area contributed by atoms with Crippen molar-refractivity contribution >= 4 is 11.9 Å². The molecule has 0 atom stereocenters.